The number of ketones is 4. The van der Waals surface area contributed by atoms with E-state index in [0.29, 0.717) is 22.4 Å². The Labute approximate surface area is 205 Å². The van der Waals surface area contributed by atoms with Crippen molar-refractivity contribution in [3.8, 4) is 17.0 Å². The van der Waals surface area contributed by atoms with E-state index < -0.39 is 58.3 Å². The Morgan fingerprint density at radius 3 is 2.58 bits per heavy atom. The number of methoxy groups -OCH3 is 1. The van der Waals surface area contributed by atoms with Gasteiger partial charge in [-0.25, -0.2) is 0 Å². The van der Waals surface area contributed by atoms with E-state index in [-0.39, 0.29) is 37.2 Å². The second-order valence-electron chi connectivity index (χ2n) is 9.67. The Morgan fingerprint density at radius 1 is 1.19 bits per heavy atom. The molecule has 1 aromatic carbocycles. The predicted octanol–water partition coefficient (Wildman–Crippen LogP) is 0.535. The first kappa shape index (κ1) is 24.0. The van der Waals surface area contributed by atoms with Crippen LogP contribution in [-0.4, -0.2) is 56.9 Å². The summed E-state index contributed by atoms with van der Waals surface area (Å²) in [7, 11) is 1.43. The molecule has 5 rings (SSSR count). The van der Waals surface area contributed by atoms with Crippen LogP contribution >= 0.6 is 0 Å². The predicted molar refractivity (Wildman–Crippen MR) is 122 cm³/mol. The lowest BCUT2D eigenvalue weighted by Crippen LogP contribution is -2.68. The highest BCUT2D eigenvalue weighted by Crippen LogP contribution is 2.51. The first-order valence-electron chi connectivity index (χ1n) is 11.6. The Hall–Kier alpha value is -3.76. The summed E-state index contributed by atoms with van der Waals surface area (Å²) >= 11 is 0. The maximum Gasteiger partial charge on any atom is 0.235 e. The van der Waals surface area contributed by atoms with E-state index in [4.69, 9.17) is 10.5 Å². The van der Waals surface area contributed by atoms with Crippen molar-refractivity contribution in [3.05, 3.63) is 47.2 Å². The summed E-state index contributed by atoms with van der Waals surface area (Å²) < 4.78 is 5.18. The number of benzene rings is 1. The molecule has 3 aliphatic carbocycles. The number of rotatable bonds is 4. The minimum Gasteiger partial charge on any atom is -0.507 e. The Bertz CT molecular complexity index is 1340. The lowest BCUT2D eigenvalue weighted by molar-refractivity contribution is -0.175. The van der Waals surface area contributed by atoms with Gasteiger partial charge in [-0.05, 0) is 42.5 Å². The fraction of sp³-hybridized carbons (Fsp3) is 0.385. The summed E-state index contributed by atoms with van der Waals surface area (Å²) in [5, 5.41) is 22.3. The smallest absolute Gasteiger partial charge is 0.235 e. The number of amides is 1. The summed E-state index contributed by atoms with van der Waals surface area (Å²) in [6, 6.07) is 6.97. The Kier molecular flexibility index (Phi) is 5.60. The monoisotopic (exact) mass is 492 g/mol. The third-order valence-corrected chi connectivity index (χ3v) is 7.72. The largest absolute Gasteiger partial charge is 0.507 e. The number of phenols is 1. The minimum atomic E-state index is -2.68. The van der Waals surface area contributed by atoms with Gasteiger partial charge in [0.05, 0.1) is 23.8 Å². The van der Waals surface area contributed by atoms with Crippen LogP contribution in [0.2, 0.25) is 0 Å². The topological polar surface area (TPSA) is 174 Å². The summed E-state index contributed by atoms with van der Waals surface area (Å²) in [5.74, 6) is -10.4. The van der Waals surface area contributed by atoms with Gasteiger partial charge in [0.15, 0.2) is 34.7 Å². The number of aliphatic hydroxyl groups is 1. The first-order chi connectivity index (χ1) is 17.1. The number of carbonyl (C=O) groups is 5. The molecule has 1 amide bonds. The number of aromatic nitrogens is 1. The van der Waals surface area contributed by atoms with Crippen LogP contribution in [-0.2, 0) is 36.9 Å². The molecule has 0 saturated heterocycles. The molecule has 10 heteroatoms. The van der Waals surface area contributed by atoms with Crippen LogP contribution in [0.25, 0.3) is 11.3 Å². The summed E-state index contributed by atoms with van der Waals surface area (Å²) in [6.07, 6.45) is 1.43. The second-order valence-corrected chi connectivity index (χ2v) is 9.67. The molecule has 1 aromatic heterocycles. The molecule has 3 aliphatic rings. The van der Waals surface area contributed by atoms with E-state index in [9.17, 15) is 34.2 Å². The molecule has 1 heterocycles. The fourth-order valence-electron chi connectivity index (χ4n) is 6.11. The van der Waals surface area contributed by atoms with Crippen molar-refractivity contribution in [2.75, 3.05) is 7.11 Å². The fourth-order valence-corrected chi connectivity index (χ4v) is 6.11. The highest BCUT2D eigenvalue weighted by Gasteiger charge is 2.66. The first-order valence-corrected chi connectivity index (χ1v) is 11.6. The molecule has 0 spiro atoms. The lowest BCUT2D eigenvalue weighted by Gasteiger charge is -2.48. The molecule has 10 nitrogen and oxygen atoms in total. The second kappa shape index (κ2) is 8.42. The zero-order valence-corrected chi connectivity index (χ0v) is 19.4. The number of phenolic OH excluding ortho intramolecular Hbond substituents is 1. The number of ether oxygens (including phenoxy) is 1. The van der Waals surface area contributed by atoms with Gasteiger partial charge in [-0.3, -0.25) is 29.0 Å². The standard InChI is InChI=1S/C26H24N2O8/c1-36-10-12-8-14(16-4-2-3-5-28-16)15-7-11-6-13-9-17(29)20(25(27)34)24(33)26(13,35)23(32)18(11)22(31)19(15)21(12)30/h2-5,8,11,13,18,20,30,35H,6-7,9-10H2,1H3,(H2,27,34)/t11-,13+,18?,20?,26+/m1/s1. The number of carbonyl (C=O) groups excluding carboxylic acids is 5. The van der Waals surface area contributed by atoms with Crippen molar-refractivity contribution < 1.29 is 38.9 Å². The van der Waals surface area contributed by atoms with E-state index in [1.54, 1.807) is 30.5 Å². The van der Waals surface area contributed by atoms with Crippen LogP contribution in [0, 0.1) is 23.7 Å². The number of Topliss-reactive ketones (excluding diaryl/α,β-unsaturated/α-hetero) is 4. The van der Waals surface area contributed by atoms with Crippen molar-refractivity contribution in [1.82, 2.24) is 4.98 Å². The van der Waals surface area contributed by atoms with Crippen LogP contribution in [0.1, 0.15) is 34.3 Å². The number of hydrogen-bond acceptors (Lipinski definition) is 9. The number of hydrogen-bond donors (Lipinski definition) is 3. The number of aromatic hydroxyl groups is 1. The molecule has 2 unspecified atom stereocenters. The highest BCUT2D eigenvalue weighted by molar-refractivity contribution is 6.31. The van der Waals surface area contributed by atoms with Crippen molar-refractivity contribution in [3.63, 3.8) is 0 Å². The van der Waals surface area contributed by atoms with Gasteiger partial charge in [-0.15, -0.1) is 0 Å². The normalized spacial score (nSPS) is 29.4. The lowest BCUT2D eigenvalue weighted by atomic mass is 9.53. The average molecular weight is 492 g/mol. The Balaban J connectivity index is 1.66. The Morgan fingerprint density at radius 2 is 1.94 bits per heavy atom. The average Bonchev–Trinajstić information content (AvgIpc) is 2.83. The molecule has 0 aliphatic heterocycles. The van der Waals surface area contributed by atoms with E-state index in [0.717, 1.165) is 0 Å². The molecule has 0 radical (unpaired) electrons. The molecule has 2 aromatic rings. The van der Waals surface area contributed by atoms with Crippen LogP contribution < -0.4 is 5.73 Å². The molecule has 5 atom stereocenters. The zero-order valence-electron chi connectivity index (χ0n) is 19.4. The van der Waals surface area contributed by atoms with Gasteiger partial charge in [-0.1, -0.05) is 6.07 Å². The van der Waals surface area contributed by atoms with Gasteiger partial charge in [0.1, 0.15) is 5.75 Å². The molecule has 2 fully saturated rings. The van der Waals surface area contributed by atoms with Gasteiger partial charge in [-0.2, -0.15) is 0 Å². The number of nitrogens with zero attached hydrogens (tertiary/aromatic N) is 1. The van der Waals surface area contributed by atoms with Crippen molar-refractivity contribution >= 4 is 29.0 Å². The van der Waals surface area contributed by atoms with Crippen molar-refractivity contribution in [2.24, 2.45) is 29.4 Å². The van der Waals surface area contributed by atoms with Gasteiger partial charge < -0.3 is 20.7 Å². The van der Waals surface area contributed by atoms with Crippen LogP contribution in [0.15, 0.2) is 30.5 Å². The van der Waals surface area contributed by atoms with Crippen LogP contribution in [0.3, 0.4) is 0 Å². The van der Waals surface area contributed by atoms with E-state index in [1.807, 2.05) is 0 Å². The highest BCUT2D eigenvalue weighted by atomic mass is 16.5. The van der Waals surface area contributed by atoms with Crippen LogP contribution in [0.4, 0.5) is 0 Å². The zero-order chi connectivity index (χ0) is 25.9. The third-order valence-electron chi connectivity index (χ3n) is 7.72. The molecule has 36 heavy (non-hydrogen) atoms. The third kappa shape index (κ3) is 3.25. The minimum absolute atomic E-state index is 0.0127. The quantitative estimate of drug-likeness (QED) is 0.514. The van der Waals surface area contributed by atoms with E-state index >= 15 is 0 Å². The van der Waals surface area contributed by atoms with Gasteiger partial charge in [0.25, 0.3) is 0 Å². The van der Waals surface area contributed by atoms with Crippen LogP contribution in [0.5, 0.6) is 5.75 Å². The maximum absolute atomic E-state index is 13.8. The molecule has 4 N–H and O–H groups in total. The van der Waals surface area contributed by atoms with Crippen molar-refractivity contribution in [1.29, 1.82) is 0 Å². The molecular formula is C26H24N2O8. The molecule has 0 bridgehead atoms. The molecule has 2 saturated carbocycles. The van der Waals surface area contributed by atoms with E-state index in [1.165, 1.54) is 7.11 Å². The summed E-state index contributed by atoms with van der Waals surface area (Å²) in [6.45, 7) is -0.0127. The number of pyridine rings is 1. The molecular weight excluding hydrogens is 468 g/mol. The van der Waals surface area contributed by atoms with Gasteiger partial charge in [0.2, 0.25) is 5.91 Å². The maximum atomic E-state index is 13.8. The summed E-state index contributed by atoms with van der Waals surface area (Å²) in [4.78, 5) is 69.1. The molecule has 186 valence electrons. The van der Waals surface area contributed by atoms with Gasteiger partial charge >= 0.3 is 0 Å². The number of primary amides is 1. The number of nitrogens with two attached hydrogens (primary N) is 1. The van der Waals surface area contributed by atoms with Crippen molar-refractivity contribution in [2.45, 2.75) is 31.5 Å². The summed E-state index contributed by atoms with van der Waals surface area (Å²) in [5.41, 5.74) is 4.43. The van der Waals surface area contributed by atoms with E-state index in [2.05, 4.69) is 4.98 Å². The SMILES string of the molecule is COCc1cc(-c2ccccn2)c2c(c1O)C(=O)C1C(=O)[C@]3(O)C(=O)C(C(N)=O)C(=O)C[C@@H]3C[C@@H]1C2. The van der Waals surface area contributed by atoms with Gasteiger partial charge in [0, 0.05) is 36.8 Å². The number of fused-ring (bicyclic) bond motifs is 3.